The fourth-order valence-corrected chi connectivity index (χ4v) is 3.91. The first kappa shape index (κ1) is 24.2. The number of carbonyl (C=O) groups excluding carboxylic acids is 2. The summed E-state index contributed by atoms with van der Waals surface area (Å²) in [7, 11) is 0. The number of ether oxygens (including phenoxy) is 1. The van der Waals surface area contributed by atoms with Crippen molar-refractivity contribution in [2.75, 3.05) is 12.4 Å². The molecule has 0 spiro atoms. The number of fused-ring (bicyclic) bond motifs is 2. The minimum Gasteiger partial charge on any atom is -0.462 e. The number of hydrogen-bond donors (Lipinski definition) is 0. The van der Waals surface area contributed by atoms with E-state index in [4.69, 9.17) is 9.72 Å². The largest absolute Gasteiger partial charge is 0.462 e. The molecular formula is C24H26N4O4S. The molecule has 8 nitrogen and oxygen atoms in total. The third kappa shape index (κ3) is 5.14. The van der Waals surface area contributed by atoms with Gasteiger partial charge in [-0.05, 0) is 43.4 Å². The summed E-state index contributed by atoms with van der Waals surface area (Å²) < 4.78 is 8.33. The molecule has 3 aromatic heterocycles. The summed E-state index contributed by atoms with van der Waals surface area (Å²) in [5.74, 6) is -0.982. The third-order valence-corrected chi connectivity index (χ3v) is 5.56. The summed E-state index contributed by atoms with van der Waals surface area (Å²) >= 11 is 1.27. The minimum absolute atomic E-state index is 0.0595. The molecule has 0 aliphatic heterocycles. The molecule has 3 rings (SSSR count). The average molecular weight is 467 g/mol. The number of aryl methyl sites for hydroxylation is 2. The summed E-state index contributed by atoms with van der Waals surface area (Å²) in [6, 6.07) is 5.07. The van der Waals surface area contributed by atoms with Crippen LogP contribution in [0.25, 0.3) is 16.7 Å². The summed E-state index contributed by atoms with van der Waals surface area (Å²) in [6.07, 6.45) is 5.65. The van der Waals surface area contributed by atoms with E-state index in [2.05, 4.69) is 11.6 Å². The minimum atomic E-state index is -0.649. The Kier molecular flexibility index (Phi) is 8.00. The molecule has 0 bridgehead atoms. The highest BCUT2D eigenvalue weighted by atomic mass is 32.2. The quantitative estimate of drug-likeness (QED) is 0.287. The molecule has 0 atom stereocenters. The Labute approximate surface area is 195 Å². The van der Waals surface area contributed by atoms with Crippen LogP contribution in [0.4, 0.5) is 0 Å². The van der Waals surface area contributed by atoms with Gasteiger partial charge in [0, 0.05) is 12.7 Å². The molecule has 0 radical (unpaired) electrons. The molecule has 0 aliphatic carbocycles. The molecule has 0 aromatic carbocycles. The Balaban J connectivity index is 2.38. The van der Waals surface area contributed by atoms with Crippen LogP contribution in [0.1, 0.15) is 36.2 Å². The molecule has 9 heteroatoms. The number of hydrogen-bond acceptors (Lipinski definition) is 6. The van der Waals surface area contributed by atoms with E-state index in [0.29, 0.717) is 24.3 Å². The standard InChI is InChI=1S/C24H26N4O4S/c1-5-8-13-33-15-19(29)25-22-18(24(31)32-7-3)14-17-21(27(22)11-6-2)26-20-16(4)10-9-12-28(20)23(17)30/h5,8-10,12-14H,1,6-7,11,15H2,2-4H3/b13-8+,25-22?. The fourth-order valence-electron chi connectivity index (χ4n) is 3.38. The first-order valence-corrected chi connectivity index (χ1v) is 11.7. The van der Waals surface area contributed by atoms with Crippen molar-refractivity contribution in [2.45, 2.75) is 33.7 Å². The maximum atomic E-state index is 13.3. The van der Waals surface area contributed by atoms with Gasteiger partial charge in [-0.1, -0.05) is 31.7 Å². The van der Waals surface area contributed by atoms with E-state index in [1.807, 2.05) is 19.9 Å². The summed E-state index contributed by atoms with van der Waals surface area (Å²) in [4.78, 5) is 47.7. The van der Waals surface area contributed by atoms with Gasteiger partial charge in [-0.3, -0.25) is 14.0 Å². The molecule has 3 aromatic rings. The molecule has 0 saturated carbocycles. The van der Waals surface area contributed by atoms with Gasteiger partial charge < -0.3 is 9.30 Å². The molecule has 0 aliphatic rings. The summed E-state index contributed by atoms with van der Waals surface area (Å²) in [6.45, 7) is 9.66. The van der Waals surface area contributed by atoms with E-state index in [1.54, 1.807) is 41.3 Å². The van der Waals surface area contributed by atoms with Crippen LogP contribution in [0, 0.1) is 6.92 Å². The predicted octanol–water partition coefficient (Wildman–Crippen LogP) is 3.40. The van der Waals surface area contributed by atoms with Gasteiger partial charge in [-0.15, -0.1) is 11.8 Å². The average Bonchev–Trinajstić information content (AvgIpc) is 2.79. The number of pyridine rings is 2. The van der Waals surface area contributed by atoms with Gasteiger partial charge in [-0.2, -0.15) is 4.99 Å². The van der Waals surface area contributed by atoms with Crippen LogP contribution in [0.15, 0.2) is 58.3 Å². The molecule has 0 saturated heterocycles. The van der Waals surface area contributed by atoms with Gasteiger partial charge >= 0.3 is 5.97 Å². The van der Waals surface area contributed by atoms with Gasteiger partial charge in [0.05, 0.1) is 17.7 Å². The SMILES string of the molecule is C=C/C=C/SCC(=O)N=c1c(C(=O)OCC)cc2c(=O)n3cccc(C)c3nc2n1CCC. The highest BCUT2D eigenvalue weighted by Gasteiger charge is 2.20. The number of allylic oxidation sites excluding steroid dienone is 2. The lowest BCUT2D eigenvalue weighted by Gasteiger charge is -2.15. The highest BCUT2D eigenvalue weighted by Crippen LogP contribution is 2.14. The number of esters is 1. The van der Waals surface area contributed by atoms with E-state index >= 15 is 0 Å². The second kappa shape index (κ2) is 10.9. The summed E-state index contributed by atoms with van der Waals surface area (Å²) in [5, 5.41) is 1.99. The Morgan fingerprint density at radius 2 is 2.09 bits per heavy atom. The number of rotatable bonds is 8. The molecule has 1 amide bonds. The van der Waals surface area contributed by atoms with E-state index in [0.717, 1.165) is 5.56 Å². The van der Waals surface area contributed by atoms with Crippen molar-refractivity contribution in [3.63, 3.8) is 0 Å². The molecule has 172 valence electrons. The Morgan fingerprint density at radius 3 is 2.79 bits per heavy atom. The van der Waals surface area contributed by atoms with Crippen molar-refractivity contribution in [1.29, 1.82) is 0 Å². The van der Waals surface area contributed by atoms with Gasteiger partial charge in [-0.25, -0.2) is 9.78 Å². The molecule has 3 heterocycles. The molecule has 0 N–H and O–H groups in total. The number of thioether (sulfide) groups is 1. The van der Waals surface area contributed by atoms with Crippen molar-refractivity contribution in [1.82, 2.24) is 14.0 Å². The maximum absolute atomic E-state index is 13.3. The molecule has 0 fully saturated rings. The van der Waals surface area contributed by atoms with Crippen molar-refractivity contribution in [3.8, 4) is 0 Å². The first-order chi connectivity index (χ1) is 15.9. The lowest BCUT2D eigenvalue weighted by atomic mass is 10.2. The van der Waals surface area contributed by atoms with Crippen molar-refractivity contribution in [3.05, 3.63) is 75.5 Å². The van der Waals surface area contributed by atoms with E-state index < -0.39 is 11.9 Å². The fraction of sp³-hybridized carbons (Fsp3) is 0.292. The number of aromatic nitrogens is 3. The van der Waals surface area contributed by atoms with Crippen LogP contribution in [0.2, 0.25) is 0 Å². The van der Waals surface area contributed by atoms with Gasteiger partial charge in [0.2, 0.25) is 0 Å². The number of nitrogens with zero attached hydrogens (tertiary/aromatic N) is 4. The smallest absolute Gasteiger partial charge is 0.341 e. The van der Waals surface area contributed by atoms with Crippen LogP contribution in [-0.4, -0.2) is 38.2 Å². The maximum Gasteiger partial charge on any atom is 0.341 e. The lowest BCUT2D eigenvalue weighted by molar-refractivity contribution is -0.115. The normalized spacial score (nSPS) is 12.0. The Morgan fingerprint density at radius 1 is 1.30 bits per heavy atom. The van der Waals surface area contributed by atoms with Crippen molar-refractivity contribution >= 4 is 40.3 Å². The monoisotopic (exact) mass is 466 g/mol. The first-order valence-electron chi connectivity index (χ1n) is 10.6. The van der Waals surface area contributed by atoms with Gasteiger partial charge in [0.15, 0.2) is 5.49 Å². The van der Waals surface area contributed by atoms with Crippen molar-refractivity contribution < 1.29 is 14.3 Å². The lowest BCUT2D eigenvalue weighted by Crippen LogP contribution is -2.33. The van der Waals surface area contributed by atoms with Gasteiger partial charge in [0.25, 0.3) is 11.5 Å². The second-order valence-corrected chi connectivity index (χ2v) is 8.07. The highest BCUT2D eigenvalue weighted by molar-refractivity contribution is 8.02. The number of carbonyl (C=O) groups is 2. The van der Waals surface area contributed by atoms with E-state index in [9.17, 15) is 14.4 Å². The molecular weight excluding hydrogens is 440 g/mol. The van der Waals surface area contributed by atoms with E-state index in [1.165, 1.54) is 22.2 Å². The van der Waals surface area contributed by atoms with Crippen LogP contribution in [-0.2, 0) is 16.1 Å². The zero-order chi connectivity index (χ0) is 24.0. The predicted molar refractivity (Wildman–Crippen MR) is 130 cm³/mol. The topological polar surface area (TPSA) is 95.0 Å². The van der Waals surface area contributed by atoms with Crippen LogP contribution < -0.4 is 11.0 Å². The van der Waals surface area contributed by atoms with Crippen LogP contribution in [0.3, 0.4) is 0 Å². The zero-order valence-electron chi connectivity index (χ0n) is 18.9. The Bertz CT molecular complexity index is 1390. The third-order valence-electron chi connectivity index (χ3n) is 4.80. The molecule has 33 heavy (non-hydrogen) atoms. The van der Waals surface area contributed by atoms with E-state index in [-0.39, 0.29) is 34.4 Å². The Hall–Kier alpha value is -3.46. The van der Waals surface area contributed by atoms with Gasteiger partial charge in [0.1, 0.15) is 16.9 Å². The zero-order valence-corrected chi connectivity index (χ0v) is 19.7. The summed E-state index contributed by atoms with van der Waals surface area (Å²) in [5.41, 5.74) is 1.60. The van der Waals surface area contributed by atoms with Crippen molar-refractivity contribution in [2.24, 2.45) is 4.99 Å². The number of amides is 1. The van der Waals surface area contributed by atoms with Crippen LogP contribution >= 0.6 is 11.8 Å². The van der Waals surface area contributed by atoms with Crippen LogP contribution in [0.5, 0.6) is 0 Å². The molecule has 0 unspecified atom stereocenters. The second-order valence-electron chi connectivity index (χ2n) is 7.17.